The molecule has 28 heavy (non-hydrogen) atoms. The molecule has 1 aromatic carbocycles. The summed E-state index contributed by atoms with van der Waals surface area (Å²) < 4.78 is 10.9. The van der Waals surface area contributed by atoms with Gasteiger partial charge in [-0.15, -0.1) is 24.8 Å². The number of anilines is 2. The number of amides is 2. The van der Waals surface area contributed by atoms with E-state index in [0.717, 1.165) is 19.5 Å². The van der Waals surface area contributed by atoms with E-state index in [0.29, 0.717) is 44.1 Å². The van der Waals surface area contributed by atoms with Crippen LogP contribution in [0.1, 0.15) is 12.8 Å². The number of nitrogens with one attached hydrogen (secondary N) is 2. The van der Waals surface area contributed by atoms with Gasteiger partial charge in [0.25, 0.3) is 5.91 Å². The van der Waals surface area contributed by atoms with Gasteiger partial charge in [0, 0.05) is 31.0 Å². The van der Waals surface area contributed by atoms with E-state index >= 15 is 0 Å². The first kappa shape index (κ1) is 24.6. The Morgan fingerprint density at radius 3 is 2.21 bits per heavy atom. The second-order valence-electron chi connectivity index (χ2n) is 6.56. The summed E-state index contributed by atoms with van der Waals surface area (Å²) in [5.74, 6) is -0.221. The van der Waals surface area contributed by atoms with Crippen molar-refractivity contribution in [3.63, 3.8) is 0 Å². The van der Waals surface area contributed by atoms with Crippen molar-refractivity contribution >= 4 is 48.0 Å². The van der Waals surface area contributed by atoms with Gasteiger partial charge in [0.1, 0.15) is 6.10 Å². The van der Waals surface area contributed by atoms with Crippen molar-refractivity contribution in [2.24, 2.45) is 5.73 Å². The summed E-state index contributed by atoms with van der Waals surface area (Å²) in [6.07, 6.45) is 1.01. The Labute approximate surface area is 177 Å². The molecule has 0 radical (unpaired) electrons. The van der Waals surface area contributed by atoms with E-state index in [1.54, 1.807) is 24.3 Å². The number of benzene rings is 1. The summed E-state index contributed by atoms with van der Waals surface area (Å²) in [4.78, 5) is 26.3. The molecule has 2 amide bonds. The molecule has 3 rings (SSSR count). The Bertz CT molecular complexity index is 627. The highest BCUT2D eigenvalue weighted by Crippen LogP contribution is 2.21. The number of carbonyl (C=O) groups is 2. The second kappa shape index (κ2) is 12.2. The molecule has 0 saturated carbocycles. The molecule has 0 aromatic heterocycles. The molecule has 0 unspecified atom stereocenters. The van der Waals surface area contributed by atoms with Gasteiger partial charge in [0.15, 0.2) is 0 Å². The number of ether oxygens (including phenoxy) is 2. The number of hydrogen-bond donors (Lipinski definition) is 3. The minimum Gasteiger partial charge on any atom is -0.379 e. The standard InChI is InChI=1S/C18H26N4O4.2ClH/c19-11-15-5-6-16(26-15)18(24)21-14-3-1-13(2-4-14)20-17(23)12-22-7-9-25-10-8-22;;/h1-4,15-16H,5-12,19H2,(H,20,23)(H,21,24);2*1H/t15-,16+;;/m1../s1. The van der Waals surface area contributed by atoms with E-state index in [4.69, 9.17) is 15.2 Å². The molecule has 158 valence electrons. The zero-order valence-corrected chi connectivity index (χ0v) is 17.2. The summed E-state index contributed by atoms with van der Waals surface area (Å²) in [7, 11) is 0. The lowest BCUT2D eigenvalue weighted by molar-refractivity contribution is -0.126. The van der Waals surface area contributed by atoms with Gasteiger partial charge in [-0.05, 0) is 37.1 Å². The van der Waals surface area contributed by atoms with E-state index in [9.17, 15) is 9.59 Å². The fourth-order valence-electron chi connectivity index (χ4n) is 3.09. The van der Waals surface area contributed by atoms with Crippen LogP contribution in [0.15, 0.2) is 24.3 Å². The maximum atomic E-state index is 12.2. The van der Waals surface area contributed by atoms with Gasteiger partial charge >= 0.3 is 0 Å². The van der Waals surface area contributed by atoms with Crippen LogP contribution in [0.5, 0.6) is 0 Å². The second-order valence-corrected chi connectivity index (χ2v) is 6.56. The number of nitrogens with zero attached hydrogens (tertiary/aromatic N) is 1. The van der Waals surface area contributed by atoms with Crippen molar-refractivity contribution in [3.05, 3.63) is 24.3 Å². The average molecular weight is 435 g/mol. The first-order valence-corrected chi connectivity index (χ1v) is 9.00. The minimum atomic E-state index is -0.448. The van der Waals surface area contributed by atoms with E-state index in [2.05, 4.69) is 15.5 Å². The Balaban J connectivity index is 0.00000196. The monoisotopic (exact) mass is 434 g/mol. The molecular weight excluding hydrogens is 407 g/mol. The minimum absolute atomic E-state index is 0. The normalized spacial score (nSPS) is 21.9. The van der Waals surface area contributed by atoms with Crippen molar-refractivity contribution in [1.29, 1.82) is 0 Å². The molecule has 2 aliphatic heterocycles. The molecular formula is C18H28Cl2N4O4. The van der Waals surface area contributed by atoms with Gasteiger partial charge in [-0.25, -0.2) is 0 Å². The Hall–Kier alpha value is -1.42. The van der Waals surface area contributed by atoms with Gasteiger partial charge in [-0.3, -0.25) is 14.5 Å². The summed E-state index contributed by atoms with van der Waals surface area (Å²) in [5, 5.41) is 5.70. The van der Waals surface area contributed by atoms with Crippen LogP contribution < -0.4 is 16.4 Å². The number of carbonyl (C=O) groups excluding carboxylic acids is 2. The number of rotatable bonds is 6. The molecule has 2 heterocycles. The summed E-state index contributed by atoms with van der Waals surface area (Å²) >= 11 is 0. The third kappa shape index (κ3) is 7.20. The highest BCUT2D eigenvalue weighted by atomic mass is 35.5. The summed E-state index contributed by atoms with van der Waals surface area (Å²) in [6, 6.07) is 7.06. The van der Waals surface area contributed by atoms with Crippen LogP contribution in [0.2, 0.25) is 0 Å². The van der Waals surface area contributed by atoms with Gasteiger partial charge in [0.05, 0.1) is 25.9 Å². The van der Waals surface area contributed by atoms with E-state index in [1.807, 2.05) is 0 Å². The molecule has 0 spiro atoms. The number of morpholine rings is 1. The lowest BCUT2D eigenvalue weighted by Crippen LogP contribution is -2.41. The Morgan fingerprint density at radius 2 is 1.64 bits per heavy atom. The fourth-order valence-corrected chi connectivity index (χ4v) is 3.09. The van der Waals surface area contributed by atoms with E-state index in [-0.39, 0.29) is 42.7 Å². The summed E-state index contributed by atoms with van der Waals surface area (Å²) in [5.41, 5.74) is 6.93. The van der Waals surface area contributed by atoms with Crippen molar-refractivity contribution in [3.8, 4) is 0 Å². The van der Waals surface area contributed by atoms with Crippen LogP contribution in [-0.2, 0) is 19.1 Å². The van der Waals surface area contributed by atoms with Crippen LogP contribution in [-0.4, -0.2) is 68.3 Å². The lowest BCUT2D eigenvalue weighted by atomic mass is 10.2. The quantitative estimate of drug-likeness (QED) is 0.621. The van der Waals surface area contributed by atoms with Gasteiger partial charge in [-0.2, -0.15) is 0 Å². The van der Waals surface area contributed by atoms with Crippen LogP contribution in [0.4, 0.5) is 11.4 Å². The van der Waals surface area contributed by atoms with Crippen LogP contribution >= 0.6 is 24.8 Å². The maximum Gasteiger partial charge on any atom is 0.253 e. The fraction of sp³-hybridized carbons (Fsp3) is 0.556. The van der Waals surface area contributed by atoms with Crippen molar-refractivity contribution < 1.29 is 19.1 Å². The van der Waals surface area contributed by atoms with E-state index in [1.165, 1.54) is 0 Å². The van der Waals surface area contributed by atoms with E-state index < -0.39 is 6.10 Å². The smallest absolute Gasteiger partial charge is 0.253 e. The molecule has 2 atom stereocenters. The average Bonchev–Trinajstić information content (AvgIpc) is 3.13. The van der Waals surface area contributed by atoms with Crippen molar-refractivity contribution in [2.45, 2.75) is 25.0 Å². The molecule has 0 bridgehead atoms. The molecule has 2 fully saturated rings. The Morgan fingerprint density at radius 1 is 1.04 bits per heavy atom. The Kier molecular flexibility index (Phi) is 10.7. The SMILES string of the molecule is Cl.Cl.NC[C@H]1CC[C@@H](C(=O)Nc2ccc(NC(=O)CN3CCOCC3)cc2)O1. The van der Waals surface area contributed by atoms with Gasteiger partial charge < -0.3 is 25.8 Å². The molecule has 2 aliphatic rings. The van der Waals surface area contributed by atoms with Gasteiger partial charge in [0.2, 0.25) is 5.91 Å². The number of nitrogens with two attached hydrogens (primary N) is 1. The molecule has 2 saturated heterocycles. The van der Waals surface area contributed by atoms with Crippen LogP contribution in [0, 0.1) is 0 Å². The first-order chi connectivity index (χ1) is 12.6. The lowest BCUT2D eigenvalue weighted by Gasteiger charge is -2.25. The molecule has 0 aliphatic carbocycles. The third-order valence-electron chi connectivity index (χ3n) is 4.57. The van der Waals surface area contributed by atoms with Crippen LogP contribution in [0.25, 0.3) is 0 Å². The predicted molar refractivity (Wildman–Crippen MR) is 112 cm³/mol. The molecule has 10 heteroatoms. The molecule has 1 aromatic rings. The van der Waals surface area contributed by atoms with Gasteiger partial charge in [-0.1, -0.05) is 0 Å². The highest BCUT2D eigenvalue weighted by molar-refractivity contribution is 5.95. The highest BCUT2D eigenvalue weighted by Gasteiger charge is 2.29. The molecule has 4 N–H and O–H groups in total. The zero-order chi connectivity index (χ0) is 18.4. The van der Waals surface area contributed by atoms with Crippen molar-refractivity contribution in [1.82, 2.24) is 4.90 Å². The van der Waals surface area contributed by atoms with Crippen molar-refractivity contribution in [2.75, 3.05) is 50.0 Å². The third-order valence-corrected chi connectivity index (χ3v) is 4.57. The van der Waals surface area contributed by atoms with Crippen LogP contribution in [0.3, 0.4) is 0 Å². The maximum absolute atomic E-state index is 12.2. The largest absolute Gasteiger partial charge is 0.379 e. The number of hydrogen-bond acceptors (Lipinski definition) is 6. The topological polar surface area (TPSA) is 106 Å². The first-order valence-electron chi connectivity index (χ1n) is 9.00. The predicted octanol–water partition coefficient (Wildman–Crippen LogP) is 1.25. The zero-order valence-electron chi connectivity index (χ0n) is 15.6. The summed E-state index contributed by atoms with van der Waals surface area (Å²) in [6.45, 7) is 3.65. The molecule has 8 nitrogen and oxygen atoms in total. The number of halogens is 2.